The molecule has 4 rings (SSSR count). The molecule has 3 heterocycles. The van der Waals surface area contributed by atoms with Crippen LogP contribution in [0.1, 0.15) is 12.1 Å². The third-order valence-electron chi connectivity index (χ3n) is 4.86. The first-order chi connectivity index (χ1) is 14.2. The molecule has 162 valence electrons. The van der Waals surface area contributed by atoms with Gasteiger partial charge in [0.15, 0.2) is 11.5 Å². The maximum absolute atomic E-state index is 13.0. The molecule has 2 aliphatic heterocycles. The van der Waals surface area contributed by atoms with Gasteiger partial charge in [0, 0.05) is 44.7 Å². The molecule has 0 radical (unpaired) electrons. The molecule has 0 unspecified atom stereocenters. The summed E-state index contributed by atoms with van der Waals surface area (Å²) >= 11 is 0. The summed E-state index contributed by atoms with van der Waals surface area (Å²) in [6.45, 7) is 1.58. The second-order valence-electron chi connectivity index (χ2n) is 6.81. The van der Waals surface area contributed by atoms with Crippen LogP contribution < -0.4 is 14.4 Å². The molecule has 0 atom stereocenters. The van der Waals surface area contributed by atoms with E-state index in [9.17, 15) is 21.6 Å². The van der Waals surface area contributed by atoms with Crippen molar-refractivity contribution in [1.82, 2.24) is 14.3 Å². The van der Waals surface area contributed by atoms with E-state index in [0.717, 1.165) is 12.4 Å². The molecular formula is C18H19F3N4O4S. The highest BCUT2D eigenvalue weighted by Gasteiger charge is 2.34. The molecule has 2 aromatic rings. The van der Waals surface area contributed by atoms with Crippen molar-refractivity contribution in [3.8, 4) is 11.5 Å². The van der Waals surface area contributed by atoms with E-state index in [0.29, 0.717) is 31.1 Å². The molecule has 0 amide bonds. The molecule has 12 heteroatoms. The number of rotatable bonds is 3. The SMILES string of the molecule is O=S(=O)(c1ccc2c(c1)OCCCO2)N1CCN(c2cc(C(F)(F)F)ncn2)CC1. The highest BCUT2D eigenvalue weighted by molar-refractivity contribution is 7.89. The fourth-order valence-electron chi connectivity index (χ4n) is 3.29. The number of piperazine rings is 1. The number of hydrogen-bond donors (Lipinski definition) is 0. The van der Waals surface area contributed by atoms with Crippen molar-refractivity contribution in [3.05, 3.63) is 36.3 Å². The summed E-state index contributed by atoms with van der Waals surface area (Å²) in [6.07, 6.45) is -3.00. The molecule has 1 aromatic heterocycles. The van der Waals surface area contributed by atoms with Crippen LogP contribution in [0.15, 0.2) is 35.5 Å². The molecule has 1 aromatic carbocycles. The fourth-order valence-corrected chi connectivity index (χ4v) is 4.72. The van der Waals surface area contributed by atoms with Crippen molar-refractivity contribution in [2.75, 3.05) is 44.3 Å². The molecule has 30 heavy (non-hydrogen) atoms. The van der Waals surface area contributed by atoms with E-state index < -0.39 is 21.9 Å². The minimum Gasteiger partial charge on any atom is -0.490 e. The summed E-state index contributed by atoms with van der Waals surface area (Å²) in [5.41, 5.74) is -1.03. The standard InChI is InChI=1S/C18H19F3N4O4S/c19-18(20,21)16-11-17(23-12-22-16)24-4-6-25(7-5-24)30(26,27)13-2-3-14-15(10-13)29-9-1-8-28-14/h2-3,10-12H,1,4-9H2. The minimum atomic E-state index is -4.57. The predicted octanol–water partition coefficient (Wildman–Crippen LogP) is 2.17. The summed E-state index contributed by atoms with van der Waals surface area (Å²) < 4.78 is 77.1. The Kier molecular flexibility index (Phi) is 5.45. The molecule has 0 aliphatic carbocycles. The largest absolute Gasteiger partial charge is 0.490 e. The first-order valence-corrected chi connectivity index (χ1v) is 10.7. The fraction of sp³-hybridized carbons (Fsp3) is 0.444. The van der Waals surface area contributed by atoms with Crippen molar-refractivity contribution in [1.29, 1.82) is 0 Å². The Morgan fingerprint density at radius 1 is 0.933 bits per heavy atom. The Morgan fingerprint density at radius 2 is 1.63 bits per heavy atom. The average Bonchev–Trinajstić information content (AvgIpc) is 2.98. The Labute approximate surface area is 171 Å². The van der Waals surface area contributed by atoms with Gasteiger partial charge in [-0.3, -0.25) is 0 Å². The molecule has 0 N–H and O–H groups in total. The zero-order valence-corrected chi connectivity index (χ0v) is 16.6. The number of alkyl halides is 3. The van der Waals surface area contributed by atoms with Gasteiger partial charge in [-0.05, 0) is 12.1 Å². The summed E-state index contributed by atoms with van der Waals surface area (Å²) in [7, 11) is -3.79. The van der Waals surface area contributed by atoms with E-state index >= 15 is 0 Å². The average molecular weight is 444 g/mol. The lowest BCUT2D eigenvalue weighted by Gasteiger charge is -2.34. The first-order valence-electron chi connectivity index (χ1n) is 9.29. The summed E-state index contributed by atoms with van der Waals surface area (Å²) in [5.74, 6) is 0.998. The Balaban J connectivity index is 1.48. The highest BCUT2D eigenvalue weighted by atomic mass is 32.2. The molecule has 2 aliphatic rings. The number of benzene rings is 1. The normalized spacial score (nSPS) is 18.2. The zero-order chi connectivity index (χ0) is 21.4. The number of aromatic nitrogens is 2. The Morgan fingerprint density at radius 3 is 2.33 bits per heavy atom. The van der Waals surface area contributed by atoms with Crippen LogP contribution >= 0.6 is 0 Å². The van der Waals surface area contributed by atoms with E-state index in [1.54, 1.807) is 11.0 Å². The maximum Gasteiger partial charge on any atom is 0.433 e. The van der Waals surface area contributed by atoms with Crippen LogP contribution in [0.4, 0.5) is 19.0 Å². The number of halogens is 3. The molecule has 0 saturated carbocycles. The Hall–Kier alpha value is -2.60. The van der Waals surface area contributed by atoms with Gasteiger partial charge >= 0.3 is 6.18 Å². The molecular weight excluding hydrogens is 425 g/mol. The van der Waals surface area contributed by atoms with Crippen LogP contribution in [0.2, 0.25) is 0 Å². The van der Waals surface area contributed by atoms with Gasteiger partial charge < -0.3 is 14.4 Å². The second-order valence-corrected chi connectivity index (χ2v) is 8.75. The Bertz CT molecular complexity index is 1020. The lowest BCUT2D eigenvalue weighted by Crippen LogP contribution is -2.49. The molecule has 0 bridgehead atoms. The topological polar surface area (TPSA) is 84.9 Å². The van der Waals surface area contributed by atoms with Crippen LogP contribution in [-0.4, -0.2) is 62.1 Å². The van der Waals surface area contributed by atoms with E-state index in [1.165, 1.54) is 16.4 Å². The van der Waals surface area contributed by atoms with Crippen LogP contribution in [0.3, 0.4) is 0 Å². The number of nitrogens with zero attached hydrogens (tertiary/aromatic N) is 4. The number of hydrogen-bond acceptors (Lipinski definition) is 7. The van der Waals surface area contributed by atoms with Gasteiger partial charge in [0.05, 0.1) is 18.1 Å². The molecule has 8 nitrogen and oxygen atoms in total. The van der Waals surface area contributed by atoms with Gasteiger partial charge in [0.25, 0.3) is 0 Å². The molecule has 1 fully saturated rings. The van der Waals surface area contributed by atoms with E-state index in [-0.39, 0.29) is 36.9 Å². The van der Waals surface area contributed by atoms with Gasteiger partial charge in [0.1, 0.15) is 17.8 Å². The third-order valence-corrected chi connectivity index (χ3v) is 6.76. The van der Waals surface area contributed by atoms with Crippen molar-refractivity contribution < 1.29 is 31.1 Å². The van der Waals surface area contributed by atoms with E-state index in [2.05, 4.69) is 9.97 Å². The molecule has 0 spiro atoms. The first kappa shape index (κ1) is 20.7. The lowest BCUT2D eigenvalue weighted by molar-refractivity contribution is -0.141. The van der Waals surface area contributed by atoms with Crippen molar-refractivity contribution in [3.63, 3.8) is 0 Å². The predicted molar refractivity (Wildman–Crippen MR) is 100 cm³/mol. The van der Waals surface area contributed by atoms with Crippen molar-refractivity contribution >= 4 is 15.8 Å². The second kappa shape index (κ2) is 7.91. The summed E-state index contributed by atoms with van der Waals surface area (Å²) in [4.78, 5) is 8.84. The van der Waals surface area contributed by atoms with E-state index in [1.807, 2.05) is 0 Å². The molecule has 1 saturated heterocycles. The number of sulfonamides is 1. The van der Waals surface area contributed by atoms with Crippen molar-refractivity contribution in [2.24, 2.45) is 0 Å². The van der Waals surface area contributed by atoms with Gasteiger partial charge in [-0.15, -0.1) is 0 Å². The van der Waals surface area contributed by atoms with Gasteiger partial charge in [-0.1, -0.05) is 0 Å². The quantitative estimate of drug-likeness (QED) is 0.717. The van der Waals surface area contributed by atoms with Gasteiger partial charge in [-0.2, -0.15) is 17.5 Å². The zero-order valence-electron chi connectivity index (χ0n) is 15.8. The lowest BCUT2D eigenvalue weighted by atomic mass is 10.3. The monoisotopic (exact) mass is 444 g/mol. The number of ether oxygens (including phenoxy) is 2. The maximum atomic E-state index is 13.0. The van der Waals surface area contributed by atoms with Gasteiger partial charge in [-0.25, -0.2) is 18.4 Å². The van der Waals surface area contributed by atoms with Crippen molar-refractivity contribution in [2.45, 2.75) is 17.5 Å². The number of fused-ring (bicyclic) bond motifs is 1. The van der Waals surface area contributed by atoms with E-state index in [4.69, 9.17) is 9.47 Å². The highest BCUT2D eigenvalue weighted by Crippen LogP contribution is 2.33. The summed E-state index contributed by atoms with van der Waals surface area (Å²) in [5, 5.41) is 0. The third kappa shape index (κ3) is 4.15. The number of anilines is 1. The van der Waals surface area contributed by atoms with Crippen LogP contribution in [0.5, 0.6) is 11.5 Å². The summed E-state index contributed by atoms with van der Waals surface area (Å²) in [6, 6.07) is 5.36. The smallest absolute Gasteiger partial charge is 0.433 e. The van der Waals surface area contributed by atoms with Gasteiger partial charge in [0.2, 0.25) is 10.0 Å². The van der Waals surface area contributed by atoms with Crippen LogP contribution in [0, 0.1) is 0 Å². The minimum absolute atomic E-state index is 0.0848. The van der Waals surface area contributed by atoms with Crippen LogP contribution in [-0.2, 0) is 16.2 Å². The van der Waals surface area contributed by atoms with Crippen LogP contribution in [0.25, 0.3) is 0 Å².